The predicted molar refractivity (Wildman–Crippen MR) is 112 cm³/mol. The standard InChI is InChI=1S/C22H20BrN3O2/c1-4-8-26-21(14-6-5-7-15(23)11-14)18-19(24-25-20(18)22(26)28)16-9-12(2)13(3)10-17(16)27/h4-7,9-11,21,27H,1,8H2,2-3H3,(H,24,25)/t21-/m0/s1. The summed E-state index contributed by atoms with van der Waals surface area (Å²) in [6.07, 6.45) is 1.72. The number of nitrogens with one attached hydrogen (secondary N) is 1. The molecule has 142 valence electrons. The highest BCUT2D eigenvalue weighted by Crippen LogP contribution is 2.45. The van der Waals surface area contributed by atoms with Crippen molar-refractivity contribution in [3.05, 3.63) is 81.5 Å². The van der Waals surface area contributed by atoms with Gasteiger partial charge in [0.25, 0.3) is 5.91 Å². The maximum Gasteiger partial charge on any atom is 0.273 e. The van der Waals surface area contributed by atoms with Crippen molar-refractivity contribution in [3.8, 4) is 17.0 Å². The van der Waals surface area contributed by atoms with Crippen LogP contribution in [0.4, 0.5) is 0 Å². The van der Waals surface area contributed by atoms with E-state index in [1.807, 2.05) is 44.2 Å². The van der Waals surface area contributed by atoms with Crippen LogP contribution in [0.5, 0.6) is 5.75 Å². The first-order valence-electron chi connectivity index (χ1n) is 8.98. The van der Waals surface area contributed by atoms with E-state index in [4.69, 9.17) is 0 Å². The van der Waals surface area contributed by atoms with Crippen LogP contribution < -0.4 is 0 Å². The van der Waals surface area contributed by atoms with Crippen molar-refractivity contribution in [2.75, 3.05) is 6.54 Å². The average Bonchev–Trinajstić information content (AvgIpc) is 3.18. The van der Waals surface area contributed by atoms with E-state index < -0.39 is 0 Å². The number of benzene rings is 2. The van der Waals surface area contributed by atoms with Crippen molar-refractivity contribution in [2.24, 2.45) is 0 Å². The number of fused-ring (bicyclic) bond motifs is 1. The van der Waals surface area contributed by atoms with Gasteiger partial charge in [0.2, 0.25) is 0 Å². The van der Waals surface area contributed by atoms with Gasteiger partial charge in [-0.05, 0) is 54.8 Å². The second-order valence-electron chi connectivity index (χ2n) is 7.02. The van der Waals surface area contributed by atoms with Crippen molar-refractivity contribution >= 4 is 21.8 Å². The summed E-state index contributed by atoms with van der Waals surface area (Å²) in [5, 5.41) is 17.9. The maximum absolute atomic E-state index is 13.0. The topological polar surface area (TPSA) is 69.2 Å². The van der Waals surface area contributed by atoms with E-state index >= 15 is 0 Å². The second-order valence-corrected chi connectivity index (χ2v) is 7.93. The molecular weight excluding hydrogens is 418 g/mol. The molecule has 6 heteroatoms. The molecule has 0 radical (unpaired) electrons. The number of carbonyl (C=O) groups excluding carboxylic acids is 1. The van der Waals surface area contributed by atoms with Gasteiger partial charge < -0.3 is 10.0 Å². The number of phenolic OH excluding ortho intramolecular Hbond substituents is 1. The Balaban J connectivity index is 1.95. The summed E-state index contributed by atoms with van der Waals surface area (Å²) in [5.74, 6) is 0.0296. The predicted octanol–water partition coefficient (Wildman–Crippen LogP) is 4.89. The maximum atomic E-state index is 13.0. The zero-order chi connectivity index (χ0) is 20.0. The molecule has 1 atom stereocenters. The zero-order valence-corrected chi connectivity index (χ0v) is 17.2. The van der Waals surface area contributed by atoms with Gasteiger partial charge in [-0.25, -0.2) is 0 Å². The monoisotopic (exact) mass is 437 g/mol. The Hall–Kier alpha value is -2.86. The number of H-pyrrole nitrogens is 1. The number of aromatic nitrogens is 2. The van der Waals surface area contributed by atoms with Crippen LogP contribution in [0.25, 0.3) is 11.3 Å². The minimum absolute atomic E-state index is 0.123. The van der Waals surface area contributed by atoms with Crippen molar-refractivity contribution in [3.63, 3.8) is 0 Å². The molecule has 1 aromatic heterocycles. The summed E-state index contributed by atoms with van der Waals surface area (Å²) in [4.78, 5) is 14.8. The minimum atomic E-state index is -0.312. The molecule has 0 aliphatic carbocycles. The number of nitrogens with zero attached hydrogens (tertiary/aromatic N) is 2. The average molecular weight is 438 g/mol. The first kappa shape index (κ1) is 18.5. The fourth-order valence-corrected chi connectivity index (χ4v) is 4.16. The summed E-state index contributed by atoms with van der Waals surface area (Å²) >= 11 is 3.52. The van der Waals surface area contributed by atoms with Crippen LogP contribution in [0.3, 0.4) is 0 Å². The SMILES string of the molecule is C=CCN1C(=O)c2[nH]nc(-c3cc(C)c(C)cc3O)c2[C@@H]1c1cccc(Br)c1. The van der Waals surface area contributed by atoms with Crippen molar-refractivity contribution < 1.29 is 9.90 Å². The normalized spacial score (nSPS) is 15.8. The minimum Gasteiger partial charge on any atom is -0.507 e. The quantitative estimate of drug-likeness (QED) is 0.570. The second kappa shape index (κ2) is 6.95. The number of carbonyl (C=O) groups is 1. The van der Waals surface area contributed by atoms with Gasteiger partial charge in [0.1, 0.15) is 17.1 Å². The van der Waals surface area contributed by atoms with Gasteiger partial charge in [0.05, 0.1) is 6.04 Å². The molecule has 0 unspecified atom stereocenters. The third kappa shape index (κ3) is 2.85. The largest absolute Gasteiger partial charge is 0.507 e. The molecule has 1 aliphatic rings. The lowest BCUT2D eigenvalue weighted by atomic mass is 9.94. The van der Waals surface area contributed by atoms with Crippen LogP contribution in [0.15, 0.2) is 53.5 Å². The number of rotatable bonds is 4. The van der Waals surface area contributed by atoms with Crippen LogP contribution in [0.1, 0.15) is 38.8 Å². The molecule has 1 amide bonds. The van der Waals surface area contributed by atoms with E-state index in [1.165, 1.54) is 0 Å². The number of aryl methyl sites for hydroxylation is 2. The van der Waals surface area contributed by atoms with Crippen LogP contribution in [-0.4, -0.2) is 32.7 Å². The van der Waals surface area contributed by atoms with Gasteiger partial charge in [0, 0.05) is 22.1 Å². The molecule has 0 saturated heterocycles. The van der Waals surface area contributed by atoms with E-state index in [9.17, 15) is 9.90 Å². The number of amides is 1. The number of hydrogen-bond donors (Lipinski definition) is 2. The highest BCUT2D eigenvalue weighted by Gasteiger charge is 2.42. The lowest BCUT2D eigenvalue weighted by Gasteiger charge is -2.25. The number of aromatic hydroxyl groups is 1. The number of halogens is 1. The van der Waals surface area contributed by atoms with Gasteiger partial charge in [-0.2, -0.15) is 5.10 Å². The number of hydrogen-bond acceptors (Lipinski definition) is 3. The smallest absolute Gasteiger partial charge is 0.273 e. The Labute approximate surface area is 171 Å². The van der Waals surface area contributed by atoms with E-state index in [0.717, 1.165) is 26.7 Å². The summed E-state index contributed by atoms with van der Waals surface area (Å²) < 4.78 is 0.934. The number of aromatic amines is 1. The molecule has 3 aromatic rings. The lowest BCUT2D eigenvalue weighted by molar-refractivity contribution is 0.0764. The Bertz CT molecular complexity index is 1100. The van der Waals surface area contributed by atoms with E-state index in [0.29, 0.717) is 23.5 Å². The number of phenols is 1. The lowest BCUT2D eigenvalue weighted by Crippen LogP contribution is -2.29. The van der Waals surface area contributed by atoms with Gasteiger partial charge in [-0.15, -0.1) is 6.58 Å². The molecule has 1 aliphatic heterocycles. The first-order valence-corrected chi connectivity index (χ1v) is 9.77. The Morgan fingerprint density at radius 2 is 2.04 bits per heavy atom. The van der Waals surface area contributed by atoms with E-state index in [-0.39, 0.29) is 17.7 Å². The van der Waals surface area contributed by atoms with Gasteiger partial charge in [-0.3, -0.25) is 9.89 Å². The highest BCUT2D eigenvalue weighted by atomic mass is 79.9. The molecule has 0 spiro atoms. The van der Waals surface area contributed by atoms with Crippen molar-refractivity contribution in [1.82, 2.24) is 15.1 Å². The van der Waals surface area contributed by atoms with Crippen molar-refractivity contribution in [2.45, 2.75) is 19.9 Å². The third-order valence-corrected chi connectivity index (χ3v) is 5.71. The van der Waals surface area contributed by atoms with E-state index in [2.05, 4.69) is 32.7 Å². The Morgan fingerprint density at radius 1 is 1.29 bits per heavy atom. The summed E-state index contributed by atoms with van der Waals surface area (Å²) in [5.41, 5.74) is 5.48. The molecule has 4 rings (SSSR count). The van der Waals surface area contributed by atoms with Gasteiger partial charge in [0.15, 0.2) is 0 Å². The van der Waals surface area contributed by atoms with Crippen LogP contribution in [0.2, 0.25) is 0 Å². The molecule has 2 N–H and O–H groups in total. The zero-order valence-electron chi connectivity index (χ0n) is 15.7. The summed E-state index contributed by atoms with van der Waals surface area (Å²) in [6.45, 7) is 8.16. The third-order valence-electron chi connectivity index (χ3n) is 5.22. The van der Waals surface area contributed by atoms with Crippen LogP contribution in [0, 0.1) is 13.8 Å². The molecule has 0 saturated carbocycles. The fourth-order valence-electron chi connectivity index (χ4n) is 3.74. The Morgan fingerprint density at radius 3 is 2.75 bits per heavy atom. The molecule has 0 fully saturated rings. The van der Waals surface area contributed by atoms with Gasteiger partial charge >= 0.3 is 0 Å². The van der Waals surface area contributed by atoms with Gasteiger partial charge in [-0.1, -0.05) is 34.1 Å². The van der Waals surface area contributed by atoms with Crippen molar-refractivity contribution in [1.29, 1.82) is 0 Å². The summed E-state index contributed by atoms with van der Waals surface area (Å²) in [6, 6.07) is 11.2. The molecule has 2 aromatic carbocycles. The van der Waals surface area contributed by atoms with Crippen LogP contribution in [-0.2, 0) is 0 Å². The molecule has 28 heavy (non-hydrogen) atoms. The molecular formula is C22H20BrN3O2. The fraction of sp³-hybridized carbons (Fsp3) is 0.182. The summed E-state index contributed by atoms with van der Waals surface area (Å²) in [7, 11) is 0. The van der Waals surface area contributed by atoms with Crippen LogP contribution >= 0.6 is 15.9 Å². The molecule has 0 bridgehead atoms. The highest BCUT2D eigenvalue weighted by molar-refractivity contribution is 9.10. The first-order chi connectivity index (χ1) is 13.4. The molecule has 2 heterocycles. The Kier molecular flexibility index (Phi) is 4.59. The molecule has 5 nitrogen and oxygen atoms in total. The van der Waals surface area contributed by atoms with E-state index in [1.54, 1.807) is 17.0 Å².